The maximum atomic E-state index is 12.1. The van der Waals surface area contributed by atoms with E-state index in [2.05, 4.69) is 28.5 Å². The van der Waals surface area contributed by atoms with E-state index in [0.717, 1.165) is 25.7 Å². The first kappa shape index (κ1) is 22.8. The molecule has 0 atom stereocenters. The van der Waals surface area contributed by atoms with Crippen molar-refractivity contribution >= 4 is 45.4 Å². The first-order valence-electron chi connectivity index (χ1n) is 10.3. The highest BCUT2D eigenvalue weighted by Gasteiger charge is 2.08. The van der Waals surface area contributed by atoms with Gasteiger partial charge in [-0.3, -0.25) is 4.79 Å². The molecule has 4 rings (SSSR count). The van der Waals surface area contributed by atoms with Crippen molar-refractivity contribution in [3.8, 4) is 11.5 Å². The van der Waals surface area contributed by atoms with Gasteiger partial charge >= 0.3 is 0 Å². The van der Waals surface area contributed by atoms with E-state index in [4.69, 9.17) is 9.47 Å². The molecule has 8 heteroatoms. The lowest BCUT2D eigenvalue weighted by atomic mass is 10.1. The molecule has 6 nitrogen and oxygen atoms in total. The van der Waals surface area contributed by atoms with Crippen LogP contribution in [0.15, 0.2) is 76.2 Å². The van der Waals surface area contributed by atoms with Crippen molar-refractivity contribution in [3.05, 3.63) is 83.4 Å². The minimum atomic E-state index is -0.194. The number of rotatable bonds is 9. The average Bonchev–Trinajstić information content (AvgIpc) is 3.26. The van der Waals surface area contributed by atoms with E-state index in [1.165, 1.54) is 17.3 Å². The van der Waals surface area contributed by atoms with Gasteiger partial charge in [0.05, 0.1) is 29.3 Å². The number of para-hydroxylation sites is 1. The van der Waals surface area contributed by atoms with Crippen molar-refractivity contribution in [2.75, 3.05) is 12.9 Å². The standard InChI is InChI=1S/C25H23N3O3S2/c1-17-7-3-4-8-19(17)15-31-21-12-11-18(13-22(21)30-2)14-26-28-24(29)16-32-25-27-20-9-5-6-10-23(20)33-25/h3-14H,15-16H2,1-2H3,(H,28,29)/b26-14-. The first-order chi connectivity index (χ1) is 16.1. The van der Waals surface area contributed by atoms with Gasteiger partial charge in [0.15, 0.2) is 15.8 Å². The SMILES string of the molecule is COc1cc(/C=N\NC(=O)CSc2nc3ccccc3s2)ccc1OCc1ccccc1C. The number of nitrogens with zero attached hydrogens (tertiary/aromatic N) is 2. The van der Waals surface area contributed by atoms with E-state index < -0.39 is 0 Å². The van der Waals surface area contributed by atoms with Gasteiger partial charge < -0.3 is 9.47 Å². The summed E-state index contributed by atoms with van der Waals surface area (Å²) in [6.07, 6.45) is 1.58. The van der Waals surface area contributed by atoms with Crippen LogP contribution in [0.25, 0.3) is 10.2 Å². The summed E-state index contributed by atoms with van der Waals surface area (Å²) in [5.74, 6) is 1.30. The molecule has 0 radical (unpaired) electrons. The minimum Gasteiger partial charge on any atom is -0.493 e. The average molecular weight is 478 g/mol. The quantitative estimate of drug-likeness (QED) is 0.198. The number of benzene rings is 3. The predicted molar refractivity (Wildman–Crippen MR) is 135 cm³/mol. The summed E-state index contributed by atoms with van der Waals surface area (Å²) in [5.41, 5.74) is 6.59. The van der Waals surface area contributed by atoms with Crippen LogP contribution in [0.2, 0.25) is 0 Å². The Morgan fingerprint density at radius 3 is 2.76 bits per heavy atom. The molecule has 0 aliphatic carbocycles. The van der Waals surface area contributed by atoms with Gasteiger partial charge in [-0.1, -0.05) is 48.2 Å². The van der Waals surface area contributed by atoms with Gasteiger partial charge in [0, 0.05) is 0 Å². The molecule has 0 unspecified atom stereocenters. The normalized spacial score (nSPS) is 11.1. The summed E-state index contributed by atoms with van der Waals surface area (Å²) in [5, 5.41) is 4.06. The van der Waals surface area contributed by atoms with E-state index >= 15 is 0 Å². The fraction of sp³-hybridized carbons (Fsp3) is 0.160. The van der Waals surface area contributed by atoms with Crippen LogP contribution in [0.1, 0.15) is 16.7 Å². The molecule has 0 bridgehead atoms. The van der Waals surface area contributed by atoms with Crippen molar-refractivity contribution < 1.29 is 14.3 Å². The smallest absolute Gasteiger partial charge is 0.250 e. The molecule has 0 saturated heterocycles. The molecule has 0 aliphatic rings. The number of ether oxygens (including phenoxy) is 2. The van der Waals surface area contributed by atoms with Crippen LogP contribution in [-0.2, 0) is 11.4 Å². The van der Waals surface area contributed by atoms with Crippen LogP contribution in [0, 0.1) is 6.92 Å². The number of hydrazone groups is 1. The predicted octanol–water partition coefficient (Wildman–Crippen LogP) is 5.43. The summed E-state index contributed by atoms with van der Waals surface area (Å²) < 4.78 is 13.4. The van der Waals surface area contributed by atoms with Gasteiger partial charge in [0.25, 0.3) is 5.91 Å². The maximum Gasteiger partial charge on any atom is 0.250 e. The molecule has 3 aromatic carbocycles. The summed E-state index contributed by atoms with van der Waals surface area (Å²) in [7, 11) is 1.60. The topological polar surface area (TPSA) is 72.8 Å². The van der Waals surface area contributed by atoms with Crippen LogP contribution in [0.3, 0.4) is 0 Å². The van der Waals surface area contributed by atoms with Crippen molar-refractivity contribution in [1.82, 2.24) is 10.4 Å². The number of aryl methyl sites for hydroxylation is 1. The number of aromatic nitrogens is 1. The molecule has 0 aliphatic heterocycles. The lowest BCUT2D eigenvalue weighted by Gasteiger charge is -2.12. The number of thiazole rings is 1. The number of hydrogen-bond donors (Lipinski definition) is 1. The van der Waals surface area contributed by atoms with Crippen LogP contribution in [-0.4, -0.2) is 30.0 Å². The van der Waals surface area contributed by atoms with E-state index in [0.29, 0.717) is 18.1 Å². The number of carbonyl (C=O) groups excluding carboxylic acids is 1. The highest BCUT2D eigenvalue weighted by atomic mass is 32.2. The molecule has 4 aromatic rings. The minimum absolute atomic E-state index is 0.194. The van der Waals surface area contributed by atoms with Gasteiger partial charge in [-0.15, -0.1) is 11.3 Å². The Bertz CT molecular complexity index is 1250. The number of hydrogen-bond acceptors (Lipinski definition) is 7. The van der Waals surface area contributed by atoms with E-state index in [9.17, 15) is 4.79 Å². The molecule has 1 aromatic heterocycles. The number of carbonyl (C=O) groups is 1. The molecule has 0 saturated carbocycles. The molecule has 1 N–H and O–H groups in total. The fourth-order valence-corrected chi connectivity index (χ4v) is 4.92. The first-order valence-corrected chi connectivity index (χ1v) is 12.1. The molecule has 168 valence electrons. The third-order valence-corrected chi connectivity index (χ3v) is 7.02. The molecule has 1 amide bonds. The van der Waals surface area contributed by atoms with Crippen LogP contribution < -0.4 is 14.9 Å². The monoisotopic (exact) mass is 477 g/mol. The van der Waals surface area contributed by atoms with Crippen LogP contribution >= 0.6 is 23.1 Å². The largest absolute Gasteiger partial charge is 0.493 e. The zero-order valence-electron chi connectivity index (χ0n) is 18.3. The molecule has 0 spiro atoms. The highest BCUT2D eigenvalue weighted by Crippen LogP contribution is 2.30. The van der Waals surface area contributed by atoms with Crippen molar-refractivity contribution in [2.45, 2.75) is 17.9 Å². The Kier molecular flexibility index (Phi) is 7.59. The molecular weight excluding hydrogens is 454 g/mol. The number of thioether (sulfide) groups is 1. The number of methoxy groups -OCH3 is 1. The second-order valence-corrected chi connectivity index (χ2v) is 9.41. The van der Waals surface area contributed by atoms with E-state index in [-0.39, 0.29) is 11.7 Å². The van der Waals surface area contributed by atoms with Crippen molar-refractivity contribution in [2.24, 2.45) is 5.10 Å². The zero-order valence-corrected chi connectivity index (χ0v) is 19.9. The lowest BCUT2D eigenvalue weighted by Crippen LogP contribution is -2.19. The Labute approximate surface area is 200 Å². The summed E-state index contributed by atoms with van der Waals surface area (Å²) in [6.45, 7) is 2.51. The highest BCUT2D eigenvalue weighted by molar-refractivity contribution is 8.01. The van der Waals surface area contributed by atoms with Gasteiger partial charge in [-0.05, 0) is 53.9 Å². The Balaban J connectivity index is 1.30. The maximum absolute atomic E-state index is 12.1. The van der Waals surface area contributed by atoms with Gasteiger partial charge in [0.2, 0.25) is 0 Å². The number of nitrogens with one attached hydrogen (secondary N) is 1. The Morgan fingerprint density at radius 1 is 1.12 bits per heavy atom. The van der Waals surface area contributed by atoms with E-state index in [1.807, 2.05) is 60.7 Å². The van der Waals surface area contributed by atoms with E-state index in [1.54, 1.807) is 24.7 Å². The molecule has 0 fully saturated rings. The third-order valence-electron chi connectivity index (χ3n) is 4.84. The fourth-order valence-electron chi connectivity index (χ4n) is 3.06. The van der Waals surface area contributed by atoms with Gasteiger partial charge in [-0.2, -0.15) is 5.10 Å². The van der Waals surface area contributed by atoms with Crippen molar-refractivity contribution in [1.29, 1.82) is 0 Å². The number of fused-ring (bicyclic) bond motifs is 1. The summed E-state index contributed by atoms with van der Waals surface area (Å²) in [4.78, 5) is 16.6. The molecule has 33 heavy (non-hydrogen) atoms. The molecule has 1 heterocycles. The second kappa shape index (κ2) is 11.0. The van der Waals surface area contributed by atoms with Crippen LogP contribution in [0.5, 0.6) is 11.5 Å². The van der Waals surface area contributed by atoms with Crippen molar-refractivity contribution in [3.63, 3.8) is 0 Å². The third kappa shape index (κ3) is 6.12. The molecular formula is C25H23N3O3S2. The Hall–Kier alpha value is -3.36. The number of amides is 1. The van der Waals surface area contributed by atoms with Gasteiger partial charge in [-0.25, -0.2) is 10.4 Å². The summed E-state index contributed by atoms with van der Waals surface area (Å²) in [6, 6.07) is 21.5. The Morgan fingerprint density at radius 2 is 1.94 bits per heavy atom. The summed E-state index contributed by atoms with van der Waals surface area (Å²) >= 11 is 2.97. The second-order valence-electron chi connectivity index (χ2n) is 7.15. The zero-order chi connectivity index (χ0) is 23.0. The van der Waals surface area contributed by atoms with Crippen LogP contribution in [0.4, 0.5) is 0 Å². The lowest BCUT2D eigenvalue weighted by molar-refractivity contribution is -0.118. The van der Waals surface area contributed by atoms with Gasteiger partial charge in [0.1, 0.15) is 6.61 Å².